The van der Waals surface area contributed by atoms with Crippen LogP contribution in [0.1, 0.15) is 17.2 Å². The number of hydrogen-bond acceptors (Lipinski definition) is 5. The summed E-state index contributed by atoms with van der Waals surface area (Å²) in [6.07, 6.45) is 0. The fraction of sp³-hybridized carbons (Fsp3) is 0.364. The molecular formula is C22H27N3O4. The largest absolute Gasteiger partial charge is 0.495 e. The van der Waals surface area contributed by atoms with Crippen LogP contribution in [0.2, 0.25) is 0 Å². The van der Waals surface area contributed by atoms with E-state index in [0.717, 1.165) is 18.7 Å². The predicted octanol–water partition coefficient (Wildman–Crippen LogP) is 2.13. The van der Waals surface area contributed by atoms with Crippen LogP contribution in [0, 0.1) is 6.92 Å². The van der Waals surface area contributed by atoms with E-state index in [1.807, 2.05) is 6.92 Å². The molecule has 0 unspecified atom stereocenters. The second kappa shape index (κ2) is 10.0. The maximum Gasteiger partial charge on any atom is 0.313 e. The Balaban J connectivity index is 1.65. The Kier molecular flexibility index (Phi) is 7.21. The number of hydrogen-bond donors (Lipinski definition) is 2. The quantitative estimate of drug-likeness (QED) is 0.730. The number of methoxy groups -OCH3 is 1. The molecule has 1 saturated heterocycles. The molecule has 154 valence electrons. The van der Waals surface area contributed by atoms with Crippen LogP contribution in [0.3, 0.4) is 0 Å². The number of carbonyl (C=O) groups is 2. The van der Waals surface area contributed by atoms with Gasteiger partial charge in [0.2, 0.25) is 0 Å². The number of morpholine rings is 1. The summed E-state index contributed by atoms with van der Waals surface area (Å²) in [5.41, 5.74) is 2.73. The number of anilines is 1. The van der Waals surface area contributed by atoms with Gasteiger partial charge < -0.3 is 20.1 Å². The standard InChI is InChI=1S/C22H27N3O4/c1-16-7-9-17(10-8-16)19(25-11-13-29-14-12-25)15-23-21(26)22(27)24-18-5-3-4-6-20(18)28-2/h3-10,19H,11-15H2,1-2H3,(H,23,26)(H,24,27)/t19-/m0/s1. The molecule has 2 aromatic rings. The average molecular weight is 397 g/mol. The highest BCUT2D eigenvalue weighted by molar-refractivity contribution is 6.39. The summed E-state index contributed by atoms with van der Waals surface area (Å²) >= 11 is 0. The van der Waals surface area contributed by atoms with Crippen molar-refractivity contribution in [2.24, 2.45) is 0 Å². The molecule has 1 heterocycles. The van der Waals surface area contributed by atoms with Crippen molar-refractivity contribution in [3.8, 4) is 5.75 Å². The molecule has 7 nitrogen and oxygen atoms in total. The van der Waals surface area contributed by atoms with E-state index in [9.17, 15) is 9.59 Å². The van der Waals surface area contributed by atoms with Gasteiger partial charge in [0.1, 0.15) is 5.75 Å². The fourth-order valence-corrected chi connectivity index (χ4v) is 3.33. The van der Waals surface area contributed by atoms with E-state index in [2.05, 4.69) is 39.8 Å². The van der Waals surface area contributed by atoms with Gasteiger partial charge in [0.15, 0.2) is 0 Å². The van der Waals surface area contributed by atoms with Crippen LogP contribution in [0.5, 0.6) is 5.75 Å². The highest BCUT2D eigenvalue weighted by Gasteiger charge is 2.24. The number of amides is 2. The smallest absolute Gasteiger partial charge is 0.313 e. The molecule has 3 rings (SSSR count). The Morgan fingerprint density at radius 1 is 1.07 bits per heavy atom. The van der Waals surface area contributed by atoms with E-state index in [1.165, 1.54) is 12.7 Å². The molecule has 2 aromatic carbocycles. The van der Waals surface area contributed by atoms with Crippen molar-refractivity contribution in [2.45, 2.75) is 13.0 Å². The molecule has 7 heteroatoms. The third kappa shape index (κ3) is 5.56. The van der Waals surface area contributed by atoms with Gasteiger partial charge in [-0.3, -0.25) is 14.5 Å². The van der Waals surface area contributed by atoms with Crippen molar-refractivity contribution in [3.05, 3.63) is 59.7 Å². The van der Waals surface area contributed by atoms with Gasteiger partial charge in [-0.1, -0.05) is 42.0 Å². The van der Waals surface area contributed by atoms with E-state index in [1.54, 1.807) is 24.3 Å². The average Bonchev–Trinajstić information content (AvgIpc) is 2.76. The van der Waals surface area contributed by atoms with Crippen molar-refractivity contribution in [1.29, 1.82) is 0 Å². The summed E-state index contributed by atoms with van der Waals surface area (Å²) in [4.78, 5) is 27.0. The first-order valence-electron chi connectivity index (χ1n) is 9.69. The summed E-state index contributed by atoms with van der Waals surface area (Å²) in [5.74, 6) is -0.903. The lowest BCUT2D eigenvalue weighted by Gasteiger charge is -2.35. The summed E-state index contributed by atoms with van der Waals surface area (Å²) in [5, 5.41) is 5.38. The number of rotatable bonds is 6. The first kappa shape index (κ1) is 20.8. The SMILES string of the molecule is COc1ccccc1NC(=O)C(=O)NC[C@@H](c1ccc(C)cc1)N1CCOCC1. The Bertz CT molecular complexity index is 832. The lowest BCUT2D eigenvalue weighted by molar-refractivity contribution is -0.136. The van der Waals surface area contributed by atoms with E-state index in [-0.39, 0.29) is 6.04 Å². The minimum Gasteiger partial charge on any atom is -0.495 e. The number of benzene rings is 2. The number of ether oxygens (including phenoxy) is 2. The topological polar surface area (TPSA) is 79.9 Å². The van der Waals surface area contributed by atoms with Crippen molar-refractivity contribution < 1.29 is 19.1 Å². The van der Waals surface area contributed by atoms with E-state index in [0.29, 0.717) is 31.2 Å². The first-order valence-corrected chi connectivity index (χ1v) is 9.69. The number of nitrogens with zero attached hydrogens (tertiary/aromatic N) is 1. The Hall–Kier alpha value is -2.90. The number of carbonyl (C=O) groups excluding carboxylic acids is 2. The van der Waals surface area contributed by atoms with Crippen LogP contribution >= 0.6 is 0 Å². The van der Waals surface area contributed by atoms with E-state index >= 15 is 0 Å². The molecule has 2 amide bonds. The molecule has 29 heavy (non-hydrogen) atoms. The van der Waals surface area contributed by atoms with Crippen molar-refractivity contribution in [2.75, 3.05) is 45.3 Å². The number of para-hydroxylation sites is 2. The second-order valence-electron chi connectivity index (χ2n) is 6.94. The van der Waals surface area contributed by atoms with Gasteiger partial charge in [-0.25, -0.2) is 0 Å². The Morgan fingerprint density at radius 2 is 1.76 bits per heavy atom. The van der Waals surface area contributed by atoms with Gasteiger partial charge in [-0.15, -0.1) is 0 Å². The third-order valence-corrected chi connectivity index (χ3v) is 4.97. The zero-order chi connectivity index (χ0) is 20.6. The maximum absolute atomic E-state index is 12.4. The second-order valence-corrected chi connectivity index (χ2v) is 6.94. The molecule has 0 aromatic heterocycles. The zero-order valence-electron chi connectivity index (χ0n) is 16.8. The molecule has 1 aliphatic heterocycles. The third-order valence-electron chi connectivity index (χ3n) is 4.97. The predicted molar refractivity (Wildman–Crippen MR) is 111 cm³/mol. The van der Waals surface area contributed by atoms with Crippen LogP contribution in [-0.2, 0) is 14.3 Å². The first-order chi connectivity index (χ1) is 14.1. The van der Waals surface area contributed by atoms with Gasteiger partial charge >= 0.3 is 11.8 Å². The maximum atomic E-state index is 12.4. The summed E-state index contributed by atoms with van der Waals surface area (Å²) in [6, 6.07) is 15.2. The Morgan fingerprint density at radius 3 is 2.45 bits per heavy atom. The van der Waals surface area contributed by atoms with Crippen LogP contribution in [0.4, 0.5) is 5.69 Å². The molecular weight excluding hydrogens is 370 g/mol. The number of nitrogens with one attached hydrogen (secondary N) is 2. The summed E-state index contributed by atoms with van der Waals surface area (Å²) in [7, 11) is 1.51. The lowest BCUT2D eigenvalue weighted by Crippen LogP contribution is -2.45. The summed E-state index contributed by atoms with van der Waals surface area (Å²) in [6.45, 7) is 5.25. The summed E-state index contributed by atoms with van der Waals surface area (Å²) < 4.78 is 10.7. The molecule has 0 saturated carbocycles. The monoisotopic (exact) mass is 397 g/mol. The van der Waals surface area contributed by atoms with Crippen molar-refractivity contribution in [1.82, 2.24) is 10.2 Å². The molecule has 0 aliphatic carbocycles. The minimum absolute atomic E-state index is 0.0255. The molecule has 1 aliphatic rings. The molecule has 2 N–H and O–H groups in total. The van der Waals surface area contributed by atoms with Crippen LogP contribution in [0.15, 0.2) is 48.5 Å². The lowest BCUT2D eigenvalue weighted by atomic mass is 10.0. The van der Waals surface area contributed by atoms with E-state index in [4.69, 9.17) is 9.47 Å². The normalized spacial score (nSPS) is 15.4. The minimum atomic E-state index is -0.723. The van der Waals surface area contributed by atoms with Gasteiger partial charge in [0.25, 0.3) is 0 Å². The van der Waals surface area contributed by atoms with Crippen LogP contribution < -0.4 is 15.4 Å². The molecule has 0 bridgehead atoms. The van der Waals surface area contributed by atoms with Gasteiger partial charge in [-0.05, 0) is 24.6 Å². The molecule has 0 radical (unpaired) electrons. The van der Waals surface area contributed by atoms with Gasteiger partial charge in [0, 0.05) is 19.6 Å². The number of aryl methyl sites for hydroxylation is 1. The van der Waals surface area contributed by atoms with Gasteiger partial charge in [-0.2, -0.15) is 0 Å². The molecule has 1 atom stereocenters. The fourth-order valence-electron chi connectivity index (χ4n) is 3.33. The van der Waals surface area contributed by atoms with Crippen LogP contribution in [-0.4, -0.2) is 56.7 Å². The van der Waals surface area contributed by atoms with Crippen molar-refractivity contribution in [3.63, 3.8) is 0 Å². The molecule has 0 spiro atoms. The highest BCUT2D eigenvalue weighted by atomic mass is 16.5. The van der Waals surface area contributed by atoms with E-state index < -0.39 is 11.8 Å². The molecule has 1 fully saturated rings. The highest BCUT2D eigenvalue weighted by Crippen LogP contribution is 2.23. The zero-order valence-corrected chi connectivity index (χ0v) is 16.8. The van der Waals surface area contributed by atoms with Gasteiger partial charge in [0.05, 0.1) is 32.1 Å². The van der Waals surface area contributed by atoms with Crippen LogP contribution in [0.25, 0.3) is 0 Å². The van der Waals surface area contributed by atoms with Crippen molar-refractivity contribution >= 4 is 17.5 Å². The Labute approximate surface area is 171 Å².